The zero-order valence-electron chi connectivity index (χ0n) is 11.0. The average Bonchev–Trinajstić information content (AvgIpc) is 2.32. The molecule has 3 nitrogen and oxygen atoms in total. The van der Waals surface area contributed by atoms with E-state index in [2.05, 4.69) is 17.6 Å². The standard InChI is InChI=1S/C14H22N2O/c1-4-15-8-5-9-16-14(17)13-10-11(2)6-7-12(13)3/h6-7,10,15H,4-5,8-9H2,1-3H3,(H,16,17). The Morgan fingerprint density at radius 2 is 2.00 bits per heavy atom. The van der Waals surface area contributed by atoms with Crippen LogP contribution in [-0.2, 0) is 0 Å². The van der Waals surface area contributed by atoms with Gasteiger partial charge >= 0.3 is 0 Å². The first-order valence-electron chi connectivity index (χ1n) is 6.21. The Bertz CT molecular complexity index is 374. The van der Waals surface area contributed by atoms with Gasteiger partial charge in [-0.25, -0.2) is 0 Å². The topological polar surface area (TPSA) is 41.1 Å². The van der Waals surface area contributed by atoms with Gasteiger partial charge in [0.05, 0.1) is 0 Å². The molecule has 94 valence electrons. The maximum atomic E-state index is 11.9. The summed E-state index contributed by atoms with van der Waals surface area (Å²) < 4.78 is 0. The number of benzene rings is 1. The lowest BCUT2D eigenvalue weighted by Crippen LogP contribution is -2.27. The molecule has 0 heterocycles. The van der Waals surface area contributed by atoms with Crippen molar-refractivity contribution >= 4 is 5.91 Å². The summed E-state index contributed by atoms with van der Waals surface area (Å²) in [5.41, 5.74) is 2.93. The van der Waals surface area contributed by atoms with Gasteiger partial charge in [0.25, 0.3) is 5.91 Å². The zero-order valence-corrected chi connectivity index (χ0v) is 11.0. The number of hydrogen-bond acceptors (Lipinski definition) is 2. The quantitative estimate of drug-likeness (QED) is 0.739. The molecular formula is C14H22N2O. The molecule has 0 saturated heterocycles. The van der Waals surface area contributed by atoms with Gasteiger partial charge in [-0.2, -0.15) is 0 Å². The van der Waals surface area contributed by atoms with Gasteiger partial charge in [0.2, 0.25) is 0 Å². The van der Waals surface area contributed by atoms with E-state index in [1.165, 1.54) is 0 Å². The second-order valence-corrected chi connectivity index (χ2v) is 4.28. The lowest BCUT2D eigenvalue weighted by atomic mass is 10.1. The summed E-state index contributed by atoms with van der Waals surface area (Å²) >= 11 is 0. The Kier molecular flexibility index (Phi) is 5.70. The van der Waals surface area contributed by atoms with Crippen molar-refractivity contribution in [2.24, 2.45) is 0 Å². The molecule has 0 aromatic heterocycles. The van der Waals surface area contributed by atoms with Crippen LogP contribution in [0.2, 0.25) is 0 Å². The van der Waals surface area contributed by atoms with Crippen LogP contribution in [0.1, 0.15) is 34.8 Å². The number of carbonyl (C=O) groups excluding carboxylic acids is 1. The van der Waals surface area contributed by atoms with Crippen molar-refractivity contribution in [1.29, 1.82) is 0 Å². The zero-order chi connectivity index (χ0) is 12.7. The molecule has 17 heavy (non-hydrogen) atoms. The van der Waals surface area contributed by atoms with Crippen LogP contribution in [0.4, 0.5) is 0 Å². The van der Waals surface area contributed by atoms with Gasteiger partial charge in [0, 0.05) is 12.1 Å². The van der Waals surface area contributed by atoms with Gasteiger partial charge in [-0.3, -0.25) is 4.79 Å². The van der Waals surface area contributed by atoms with Gasteiger partial charge in [-0.1, -0.05) is 24.6 Å². The van der Waals surface area contributed by atoms with Crippen molar-refractivity contribution in [3.05, 3.63) is 34.9 Å². The minimum atomic E-state index is 0.0303. The van der Waals surface area contributed by atoms with Crippen LogP contribution in [0.15, 0.2) is 18.2 Å². The van der Waals surface area contributed by atoms with E-state index in [0.717, 1.165) is 42.7 Å². The molecule has 0 radical (unpaired) electrons. The molecule has 0 aliphatic rings. The van der Waals surface area contributed by atoms with Crippen LogP contribution in [0.3, 0.4) is 0 Å². The molecule has 1 amide bonds. The summed E-state index contributed by atoms with van der Waals surface area (Å²) in [6.45, 7) is 8.69. The van der Waals surface area contributed by atoms with E-state index in [1.54, 1.807) is 0 Å². The fourth-order valence-corrected chi connectivity index (χ4v) is 1.67. The van der Waals surface area contributed by atoms with Crippen LogP contribution in [-0.4, -0.2) is 25.5 Å². The summed E-state index contributed by atoms with van der Waals surface area (Å²) in [6, 6.07) is 5.95. The minimum Gasteiger partial charge on any atom is -0.352 e. The van der Waals surface area contributed by atoms with E-state index in [9.17, 15) is 4.79 Å². The SMILES string of the molecule is CCNCCCNC(=O)c1cc(C)ccc1C. The third kappa shape index (κ3) is 4.57. The van der Waals surface area contributed by atoms with E-state index >= 15 is 0 Å². The maximum Gasteiger partial charge on any atom is 0.251 e. The highest BCUT2D eigenvalue weighted by molar-refractivity contribution is 5.95. The molecule has 1 rings (SSSR count). The molecule has 0 fully saturated rings. The summed E-state index contributed by atoms with van der Waals surface area (Å²) in [6.07, 6.45) is 0.963. The van der Waals surface area contributed by atoms with Crippen LogP contribution < -0.4 is 10.6 Å². The van der Waals surface area contributed by atoms with Gasteiger partial charge in [0.15, 0.2) is 0 Å². The highest BCUT2D eigenvalue weighted by atomic mass is 16.1. The van der Waals surface area contributed by atoms with Gasteiger partial charge in [-0.05, 0) is 45.0 Å². The lowest BCUT2D eigenvalue weighted by molar-refractivity contribution is 0.0952. The first kappa shape index (κ1) is 13.7. The molecule has 0 aliphatic heterocycles. The molecule has 0 bridgehead atoms. The van der Waals surface area contributed by atoms with Crippen LogP contribution in [0, 0.1) is 13.8 Å². The van der Waals surface area contributed by atoms with Crippen molar-refractivity contribution in [1.82, 2.24) is 10.6 Å². The van der Waals surface area contributed by atoms with Gasteiger partial charge in [0.1, 0.15) is 0 Å². The number of nitrogens with one attached hydrogen (secondary N) is 2. The lowest BCUT2D eigenvalue weighted by Gasteiger charge is -2.08. The largest absolute Gasteiger partial charge is 0.352 e. The summed E-state index contributed by atoms with van der Waals surface area (Å²) in [5.74, 6) is 0.0303. The van der Waals surface area contributed by atoms with Crippen molar-refractivity contribution in [3.8, 4) is 0 Å². The molecule has 0 aliphatic carbocycles. The van der Waals surface area contributed by atoms with Crippen molar-refractivity contribution in [2.75, 3.05) is 19.6 Å². The van der Waals surface area contributed by atoms with Crippen LogP contribution in [0.25, 0.3) is 0 Å². The molecule has 0 atom stereocenters. The van der Waals surface area contributed by atoms with Gasteiger partial charge in [-0.15, -0.1) is 0 Å². The number of aryl methyl sites for hydroxylation is 2. The van der Waals surface area contributed by atoms with Crippen molar-refractivity contribution in [2.45, 2.75) is 27.2 Å². The Morgan fingerprint density at radius 1 is 1.24 bits per heavy atom. The van der Waals surface area contributed by atoms with E-state index in [4.69, 9.17) is 0 Å². The van der Waals surface area contributed by atoms with E-state index in [0.29, 0.717) is 0 Å². The summed E-state index contributed by atoms with van der Waals surface area (Å²) in [5, 5.41) is 6.18. The van der Waals surface area contributed by atoms with E-state index in [-0.39, 0.29) is 5.91 Å². The Hall–Kier alpha value is -1.35. The fraction of sp³-hybridized carbons (Fsp3) is 0.500. The normalized spacial score (nSPS) is 10.3. The number of rotatable bonds is 6. The van der Waals surface area contributed by atoms with Crippen LogP contribution >= 0.6 is 0 Å². The molecule has 2 N–H and O–H groups in total. The predicted octanol–water partition coefficient (Wildman–Crippen LogP) is 2.03. The second-order valence-electron chi connectivity index (χ2n) is 4.28. The molecule has 0 unspecified atom stereocenters. The van der Waals surface area contributed by atoms with Crippen molar-refractivity contribution < 1.29 is 4.79 Å². The minimum absolute atomic E-state index is 0.0303. The Labute approximate surface area is 104 Å². The predicted molar refractivity (Wildman–Crippen MR) is 71.4 cm³/mol. The van der Waals surface area contributed by atoms with Gasteiger partial charge < -0.3 is 10.6 Å². The number of carbonyl (C=O) groups is 1. The highest BCUT2D eigenvalue weighted by Gasteiger charge is 2.07. The van der Waals surface area contributed by atoms with Crippen molar-refractivity contribution in [3.63, 3.8) is 0 Å². The average molecular weight is 234 g/mol. The Balaban J connectivity index is 2.44. The van der Waals surface area contributed by atoms with Crippen LogP contribution in [0.5, 0.6) is 0 Å². The summed E-state index contributed by atoms with van der Waals surface area (Å²) in [4.78, 5) is 11.9. The molecule has 0 spiro atoms. The third-order valence-electron chi connectivity index (χ3n) is 2.70. The second kappa shape index (κ2) is 7.07. The molecular weight excluding hydrogens is 212 g/mol. The highest BCUT2D eigenvalue weighted by Crippen LogP contribution is 2.10. The number of amides is 1. The van der Waals surface area contributed by atoms with E-state index < -0.39 is 0 Å². The molecule has 1 aromatic carbocycles. The smallest absolute Gasteiger partial charge is 0.251 e. The third-order valence-corrected chi connectivity index (χ3v) is 2.70. The molecule has 3 heteroatoms. The Morgan fingerprint density at radius 3 is 2.71 bits per heavy atom. The maximum absolute atomic E-state index is 11.9. The molecule has 1 aromatic rings. The monoisotopic (exact) mass is 234 g/mol. The first-order chi connectivity index (χ1) is 8.15. The first-order valence-corrected chi connectivity index (χ1v) is 6.21. The number of hydrogen-bond donors (Lipinski definition) is 2. The summed E-state index contributed by atoms with van der Waals surface area (Å²) in [7, 11) is 0. The van der Waals surface area contributed by atoms with E-state index in [1.807, 2.05) is 32.0 Å². The fourth-order valence-electron chi connectivity index (χ4n) is 1.67. The molecule has 0 saturated carbocycles.